The van der Waals surface area contributed by atoms with Crippen molar-refractivity contribution in [2.75, 3.05) is 0 Å². The van der Waals surface area contributed by atoms with Gasteiger partial charge in [-0.2, -0.15) is 0 Å². The van der Waals surface area contributed by atoms with Crippen LogP contribution in [-0.4, -0.2) is 29.1 Å². The van der Waals surface area contributed by atoms with Crippen molar-refractivity contribution in [3.8, 4) is 56.8 Å². The summed E-state index contributed by atoms with van der Waals surface area (Å²) in [6, 6.07) is 60.6. The standard InChI is InChI=1S/C59H50N6/c1-37-27-30-48-44(34-37)46-36-41(59(5,6)7)29-32-50(46)65(48)52-26-17-33-60-54(52)53-43(57-62-55(38-18-10-8-11-19-38)61-56(63-57)39-20-12-9-13-21-39)23-16-25-51(53)64-47-24-15-14-22-42(47)45-35-40(58(2,3)4)28-31-49(45)64/h8-36H,1-7H3. The summed E-state index contributed by atoms with van der Waals surface area (Å²) >= 11 is 0. The summed E-state index contributed by atoms with van der Waals surface area (Å²) in [5, 5.41) is 4.82. The predicted octanol–water partition coefficient (Wildman–Crippen LogP) is 15.0. The van der Waals surface area contributed by atoms with Crippen LogP contribution in [0.15, 0.2) is 176 Å². The lowest BCUT2D eigenvalue weighted by atomic mass is 9.86. The van der Waals surface area contributed by atoms with Gasteiger partial charge in [0, 0.05) is 50.0 Å². The van der Waals surface area contributed by atoms with E-state index in [2.05, 4.69) is 191 Å². The Morgan fingerprint density at radius 2 is 0.892 bits per heavy atom. The Kier molecular flexibility index (Phi) is 9.40. The van der Waals surface area contributed by atoms with E-state index in [0.717, 1.165) is 61.4 Å². The number of hydrogen-bond acceptors (Lipinski definition) is 4. The van der Waals surface area contributed by atoms with Crippen LogP contribution in [0.25, 0.3) is 100 Å². The van der Waals surface area contributed by atoms with Crippen LogP contribution in [0.3, 0.4) is 0 Å². The highest BCUT2D eigenvalue weighted by Crippen LogP contribution is 2.45. The van der Waals surface area contributed by atoms with E-state index in [9.17, 15) is 0 Å². The molecule has 0 N–H and O–H groups in total. The molecule has 0 aliphatic rings. The molecule has 11 aromatic rings. The van der Waals surface area contributed by atoms with Gasteiger partial charge in [0.2, 0.25) is 0 Å². The molecule has 0 aliphatic carbocycles. The van der Waals surface area contributed by atoms with E-state index in [1.165, 1.54) is 38.2 Å². The van der Waals surface area contributed by atoms with Crippen molar-refractivity contribution < 1.29 is 0 Å². The molecular weight excluding hydrogens is 793 g/mol. The molecule has 4 heterocycles. The van der Waals surface area contributed by atoms with Gasteiger partial charge >= 0.3 is 0 Å². The molecule has 0 fully saturated rings. The first kappa shape index (κ1) is 40.1. The van der Waals surface area contributed by atoms with Crippen LogP contribution in [0.5, 0.6) is 0 Å². The molecule has 0 aliphatic heterocycles. The summed E-state index contributed by atoms with van der Waals surface area (Å²) < 4.78 is 4.82. The SMILES string of the molecule is Cc1ccc2c(c1)c1cc(C(C)(C)C)ccc1n2-c1cccnc1-c1c(-c2nc(-c3ccccc3)nc(-c3ccccc3)n2)cccc1-n1c2ccccc2c2cc(C(C)(C)C)ccc21. The molecule has 65 heavy (non-hydrogen) atoms. The zero-order valence-electron chi connectivity index (χ0n) is 37.9. The van der Waals surface area contributed by atoms with Crippen LogP contribution in [0.1, 0.15) is 58.2 Å². The Morgan fingerprint density at radius 3 is 1.51 bits per heavy atom. The number of para-hydroxylation sites is 1. The van der Waals surface area contributed by atoms with E-state index < -0.39 is 0 Å². The van der Waals surface area contributed by atoms with E-state index in [1.54, 1.807) is 0 Å². The minimum absolute atomic E-state index is 0.0164. The van der Waals surface area contributed by atoms with Gasteiger partial charge in [0.25, 0.3) is 0 Å². The molecule has 11 rings (SSSR count). The third-order valence-electron chi connectivity index (χ3n) is 12.8. The number of aryl methyl sites for hydroxylation is 1. The molecule has 4 aromatic heterocycles. The van der Waals surface area contributed by atoms with Gasteiger partial charge in [0.1, 0.15) is 0 Å². The van der Waals surface area contributed by atoms with Crippen LogP contribution < -0.4 is 0 Å². The number of nitrogens with zero attached hydrogens (tertiary/aromatic N) is 6. The van der Waals surface area contributed by atoms with Gasteiger partial charge in [-0.1, -0.05) is 156 Å². The molecule has 0 saturated heterocycles. The normalized spacial score (nSPS) is 12.2. The van der Waals surface area contributed by atoms with Gasteiger partial charge in [0.15, 0.2) is 17.5 Å². The molecule has 0 amide bonds. The first-order valence-electron chi connectivity index (χ1n) is 22.5. The fraction of sp³-hybridized carbons (Fsp3) is 0.153. The lowest BCUT2D eigenvalue weighted by Crippen LogP contribution is -2.10. The Morgan fingerprint density at radius 1 is 0.400 bits per heavy atom. The Labute approximate surface area is 380 Å². The Hall–Kier alpha value is -7.70. The quantitative estimate of drug-likeness (QED) is 0.167. The number of fused-ring (bicyclic) bond motifs is 6. The minimum atomic E-state index is -0.0224. The molecular formula is C59H50N6. The predicted molar refractivity (Wildman–Crippen MR) is 270 cm³/mol. The average Bonchev–Trinajstić information content (AvgIpc) is 3.82. The first-order valence-corrected chi connectivity index (χ1v) is 22.5. The fourth-order valence-electron chi connectivity index (χ4n) is 9.42. The zero-order chi connectivity index (χ0) is 44.6. The van der Waals surface area contributed by atoms with E-state index in [4.69, 9.17) is 19.9 Å². The highest BCUT2D eigenvalue weighted by molar-refractivity contribution is 6.12. The summed E-state index contributed by atoms with van der Waals surface area (Å²) in [6.45, 7) is 15.8. The second kappa shape index (κ2) is 15.2. The van der Waals surface area contributed by atoms with Gasteiger partial charge in [-0.05, 0) is 89.5 Å². The lowest BCUT2D eigenvalue weighted by Gasteiger charge is -2.21. The number of hydrogen-bond donors (Lipinski definition) is 0. The largest absolute Gasteiger partial charge is 0.309 e. The van der Waals surface area contributed by atoms with Gasteiger partial charge in [-0.3, -0.25) is 4.98 Å². The van der Waals surface area contributed by atoms with E-state index in [1.807, 2.05) is 42.6 Å². The average molecular weight is 843 g/mol. The highest BCUT2D eigenvalue weighted by Gasteiger charge is 2.27. The summed E-state index contributed by atoms with van der Waals surface area (Å²) in [7, 11) is 0. The Bertz CT molecular complexity index is 3560. The molecule has 7 aromatic carbocycles. The van der Waals surface area contributed by atoms with Crippen molar-refractivity contribution in [1.82, 2.24) is 29.1 Å². The molecule has 0 radical (unpaired) electrons. The topological polar surface area (TPSA) is 61.4 Å². The van der Waals surface area contributed by atoms with E-state index in [-0.39, 0.29) is 10.8 Å². The summed E-state index contributed by atoms with van der Waals surface area (Å²) in [5.41, 5.74) is 14.6. The van der Waals surface area contributed by atoms with Gasteiger partial charge in [0.05, 0.1) is 39.1 Å². The molecule has 316 valence electrons. The van der Waals surface area contributed by atoms with Crippen LogP contribution in [-0.2, 0) is 10.8 Å². The molecule has 0 spiro atoms. The van der Waals surface area contributed by atoms with Crippen molar-refractivity contribution in [3.63, 3.8) is 0 Å². The van der Waals surface area contributed by atoms with Crippen LogP contribution >= 0.6 is 0 Å². The molecule has 6 nitrogen and oxygen atoms in total. The smallest absolute Gasteiger partial charge is 0.164 e. The molecule has 0 bridgehead atoms. The van der Waals surface area contributed by atoms with Crippen molar-refractivity contribution in [2.45, 2.75) is 59.3 Å². The highest BCUT2D eigenvalue weighted by atomic mass is 15.0. The number of aromatic nitrogens is 6. The van der Waals surface area contributed by atoms with Crippen molar-refractivity contribution in [1.29, 1.82) is 0 Å². The number of pyridine rings is 1. The maximum Gasteiger partial charge on any atom is 0.164 e. The number of rotatable bonds is 6. The second-order valence-electron chi connectivity index (χ2n) is 19.3. The zero-order valence-corrected chi connectivity index (χ0v) is 37.9. The third kappa shape index (κ3) is 6.88. The van der Waals surface area contributed by atoms with E-state index in [0.29, 0.717) is 17.5 Å². The fourth-order valence-corrected chi connectivity index (χ4v) is 9.42. The maximum atomic E-state index is 5.41. The molecule has 0 unspecified atom stereocenters. The third-order valence-corrected chi connectivity index (χ3v) is 12.8. The maximum absolute atomic E-state index is 5.41. The molecule has 0 atom stereocenters. The van der Waals surface area contributed by atoms with E-state index >= 15 is 0 Å². The van der Waals surface area contributed by atoms with Gasteiger partial charge in [-0.25, -0.2) is 15.0 Å². The minimum Gasteiger partial charge on any atom is -0.309 e. The van der Waals surface area contributed by atoms with Crippen molar-refractivity contribution >= 4 is 43.6 Å². The first-order chi connectivity index (χ1) is 31.4. The van der Waals surface area contributed by atoms with Crippen LogP contribution in [0.4, 0.5) is 0 Å². The van der Waals surface area contributed by atoms with Crippen LogP contribution in [0.2, 0.25) is 0 Å². The summed E-state index contributed by atoms with van der Waals surface area (Å²) in [5.74, 6) is 1.77. The summed E-state index contributed by atoms with van der Waals surface area (Å²) in [6.07, 6.45) is 1.91. The van der Waals surface area contributed by atoms with Gasteiger partial charge in [-0.15, -0.1) is 0 Å². The van der Waals surface area contributed by atoms with Crippen molar-refractivity contribution in [3.05, 3.63) is 193 Å². The summed E-state index contributed by atoms with van der Waals surface area (Å²) in [4.78, 5) is 21.2. The van der Waals surface area contributed by atoms with Crippen LogP contribution in [0, 0.1) is 6.92 Å². The second-order valence-corrected chi connectivity index (χ2v) is 19.3. The molecule has 0 saturated carbocycles. The Balaban J connectivity index is 1.27. The van der Waals surface area contributed by atoms with Crippen molar-refractivity contribution in [2.24, 2.45) is 0 Å². The molecule has 6 heteroatoms. The monoisotopic (exact) mass is 842 g/mol. The number of benzene rings is 7. The lowest BCUT2D eigenvalue weighted by molar-refractivity contribution is 0.591. The van der Waals surface area contributed by atoms with Gasteiger partial charge < -0.3 is 9.13 Å².